The molecule has 0 aromatic heterocycles. The molecule has 3 heteroatoms. The summed E-state index contributed by atoms with van der Waals surface area (Å²) in [4.78, 5) is 0. The van der Waals surface area contributed by atoms with E-state index >= 15 is 0 Å². The molecule has 1 fully saturated rings. The lowest BCUT2D eigenvalue weighted by Crippen LogP contribution is -2.59. The van der Waals surface area contributed by atoms with Crippen molar-refractivity contribution < 1.29 is 5.21 Å². The Morgan fingerprint density at radius 1 is 1.29 bits per heavy atom. The summed E-state index contributed by atoms with van der Waals surface area (Å²) in [5.41, 5.74) is -0.273. The second-order valence-electron chi connectivity index (χ2n) is 5.27. The lowest BCUT2D eigenvalue weighted by Gasteiger charge is -2.51. The molecule has 0 aromatic carbocycles. The van der Waals surface area contributed by atoms with Crippen molar-refractivity contribution in [2.75, 3.05) is 0 Å². The minimum Gasteiger partial charge on any atom is -0.313 e. The smallest absolute Gasteiger partial charge is 0.0421 e. The van der Waals surface area contributed by atoms with Crippen LogP contribution < -0.4 is 0 Å². The van der Waals surface area contributed by atoms with E-state index in [4.69, 9.17) is 0 Å². The maximum absolute atomic E-state index is 10.0. The highest BCUT2D eigenvalue weighted by Gasteiger charge is 2.44. The molecule has 1 N–H and O–H groups in total. The maximum Gasteiger partial charge on any atom is 0.0421 e. The molecule has 0 aliphatic carbocycles. The first-order chi connectivity index (χ1) is 6.29. The van der Waals surface area contributed by atoms with Crippen molar-refractivity contribution in [2.45, 2.75) is 56.9 Å². The molecule has 1 rings (SSSR count). The summed E-state index contributed by atoms with van der Waals surface area (Å²) < 4.78 is 0. The molecule has 14 heavy (non-hydrogen) atoms. The molecule has 1 saturated heterocycles. The predicted molar refractivity (Wildman–Crippen MR) is 62.6 cm³/mol. The zero-order valence-corrected chi connectivity index (χ0v) is 10.4. The molecule has 2 nitrogen and oxygen atoms in total. The Balaban J connectivity index is 2.80. The molecular formula is C11H21NOS. The van der Waals surface area contributed by atoms with Crippen LogP contribution in [-0.2, 0) is 0 Å². The first-order valence-electron chi connectivity index (χ1n) is 5.05. The van der Waals surface area contributed by atoms with Gasteiger partial charge in [-0.2, -0.15) is 5.06 Å². The molecular weight excluding hydrogens is 194 g/mol. The lowest BCUT2D eigenvalue weighted by molar-refractivity contribution is -0.240. The van der Waals surface area contributed by atoms with Crippen molar-refractivity contribution in [2.24, 2.45) is 0 Å². The largest absolute Gasteiger partial charge is 0.313 e. The number of thioether (sulfide) groups is 1. The van der Waals surface area contributed by atoms with Crippen LogP contribution >= 0.6 is 11.8 Å². The van der Waals surface area contributed by atoms with Crippen LogP contribution in [0.3, 0.4) is 0 Å². The molecule has 1 aliphatic heterocycles. The molecule has 82 valence electrons. The summed E-state index contributed by atoms with van der Waals surface area (Å²) in [6.07, 6.45) is 2.01. The van der Waals surface area contributed by atoms with Gasteiger partial charge >= 0.3 is 0 Å². The summed E-state index contributed by atoms with van der Waals surface area (Å²) in [5.74, 6) is 0. The van der Waals surface area contributed by atoms with E-state index in [1.54, 1.807) is 11.8 Å². The van der Waals surface area contributed by atoms with Crippen LogP contribution in [0.5, 0.6) is 0 Å². The van der Waals surface area contributed by atoms with Gasteiger partial charge in [0.05, 0.1) is 0 Å². The van der Waals surface area contributed by atoms with E-state index in [0.717, 1.165) is 12.8 Å². The van der Waals surface area contributed by atoms with E-state index in [0.29, 0.717) is 5.25 Å². The van der Waals surface area contributed by atoms with Crippen LogP contribution in [0.4, 0.5) is 0 Å². The Labute approximate surface area is 91.3 Å². The number of hydroxylamine groups is 2. The van der Waals surface area contributed by atoms with Crippen molar-refractivity contribution >= 4 is 11.8 Å². The zero-order valence-electron chi connectivity index (χ0n) is 9.58. The van der Waals surface area contributed by atoms with Gasteiger partial charge < -0.3 is 5.21 Å². The molecule has 0 unspecified atom stereocenters. The Morgan fingerprint density at radius 2 is 1.71 bits per heavy atom. The quantitative estimate of drug-likeness (QED) is 0.764. The van der Waals surface area contributed by atoms with Gasteiger partial charge in [-0.15, -0.1) is 11.8 Å². The predicted octanol–water partition coefficient (Wildman–Crippen LogP) is 3.27. The topological polar surface area (TPSA) is 23.5 Å². The fraction of sp³-hybridized carbons (Fsp3) is 0.818. The highest BCUT2D eigenvalue weighted by atomic mass is 32.2. The fourth-order valence-electron chi connectivity index (χ4n) is 2.41. The van der Waals surface area contributed by atoms with Gasteiger partial charge in [-0.05, 0) is 45.9 Å². The highest BCUT2D eigenvalue weighted by Crippen LogP contribution is 2.41. The third kappa shape index (κ3) is 2.33. The Kier molecular flexibility index (Phi) is 3.34. The van der Waals surface area contributed by atoms with Crippen molar-refractivity contribution in [1.82, 2.24) is 5.06 Å². The number of hydrogen-bond acceptors (Lipinski definition) is 3. The second-order valence-corrected chi connectivity index (χ2v) is 6.54. The van der Waals surface area contributed by atoms with Gasteiger partial charge in [0.15, 0.2) is 0 Å². The molecule has 0 bridgehead atoms. The molecule has 0 atom stereocenters. The SMILES string of the molecule is C=CSC1CC(C)(C)N(O)C(C)(C)C1. The van der Waals surface area contributed by atoms with Crippen LogP contribution in [0.1, 0.15) is 40.5 Å². The molecule has 1 heterocycles. The summed E-state index contributed by atoms with van der Waals surface area (Å²) in [6, 6.07) is 0. The van der Waals surface area contributed by atoms with Crippen molar-refractivity contribution in [3.05, 3.63) is 12.0 Å². The average molecular weight is 215 g/mol. The highest BCUT2D eigenvalue weighted by molar-refractivity contribution is 8.02. The first-order valence-corrected chi connectivity index (χ1v) is 5.99. The van der Waals surface area contributed by atoms with Crippen molar-refractivity contribution in [1.29, 1.82) is 0 Å². The van der Waals surface area contributed by atoms with E-state index in [9.17, 15) is 5.21 Å². The lowest BCUT2D eigenvalue weighted by atomic mass is 9.82. The van der Waals surface area contributed by atoms with E-state index in [2.05, 4.69) is 34.3 Å². The normalized spacial score (nSPS) is 27.5. The van der Waals surface area contributed by atoms with Crippen LogP contribution in [0.25, 0.3) is 0 Å². The van der Waals surface area contributed by atoms with Gasteiger partial charge in [-0.1, -0.05) is 6.58 Å². The van der Waals surface area contributed by atoms with Crippen LogP contribution in [0, 0.1) is 0 Å². The Bertz CT molecular complexity index is 207. The molecule has 0 spiro atoms. The van der Waals surface area contributed by atoms with Gasteiger partial charge in [-0.3, -0.25) is 0 Å². The summed E-state index contributed by atoms with van der Waals surface area (Å²) >= 11 is 1.78. The van der Waals surface area contributed by atoms with E-state index < -0.39 is 0 Å². The van der Waals surface area contributed by atoms with E-state index in [-0.39, 0.29) is 11.1 Å². The van der Waals surface area contributed by atoms with Gasteiger partial charge in [-0.25, -0.2) is 0 Å². The minimum absolute atomic E-state index is 0.136. The van der Waals surface area contributed by atoms with Crippen molar-refractivity contribution in [3.63, 3.8) is 0 Å². The molecule has 0 aromatic rings. The Morgan fingerprint density at radius 3 is 2.07 bits per heavy atom. The molecule has 0 amide bonds. The van der Waals surface area contributed by atoms with Crippen LogP contribution in [0.15, 0.2) is 12.0 Å². The van der Waals surface area contributed by atoms with Crippen LogP contribution in [0.2, 0.25) is 0 Å². The van der Waals surface area contributed by atoms with Crippen LogP contribution in [-0.4, -0.2) is 26.6 Å². The molecule has 0 saturated carbocycles. The third-order valence-corrected chi connectivity index (χ3v) is 3.80. The second kappa shape index (κ2) is 3.87. The molecule has 0 radical (unpaired) electrons. The average Bonchev–Trinajstić information content (AvgIpc) is 1.99. The van der Waals surface area contributed by atoms with E-state index in [1.807, 2.05) is 5.41 Å². The first kappa shape index (κ1) is 12.1. The zero-order chi connectivity index (χ0) is 11.0. The number of hydrogen-bond donors (Lipinski definition) is 1. The van der Waals surface area contributed by atoms with Crippen molar-refractivity contribution in [3.8, 4) is 0 Å². The van der Waals surface area contributed by atoms with E-state index in [1.165, 1.54) is 5.06 Å². The minimum atomic E-state index is -0.136. The summed E-state index contributed by atoms with van der Waals surface area (Å²) in [6.45, 7) is 12.1. The van der Waals surface area contributed by atoms with Gasteiger partial charge in [0.1, 0.15) is 0 Å². The standard InChI is InChI=1S/C11H21NOS/c1-6-14-9-7-10(2,3)12(13)11(4,5)8-9/h6,9,13H,1,7-8H2,2-5H3. The monoisotopic (exact) mass is 215 g/mol. The van der Waals surface area contributed by atoms with Gasteiger partial charge in [0.25, 0.3) is 0 Å². The van der Waals surface area contributed by atoms with Gasteiger partial charge in [0, 0.05) is 16.3 Å². The number of rotatable bonds is 2. The van der Waals surface area contributed by atoms with Gasteiger partial charge in [0.2, 0.25) is 0 Å². The summed E-state index contributed by atoms with van der Waals surface area (Å²) in [7, 11) is 0. The maximum atomic E-state index is 10.0. The summed E-state index contributed by atoms with van der Waals surface area (Å²) in [5, 5.41) is 14.0. The fourth-order valence-corrected chi connectivity index (χ4v) is 3.69. The molecule has 1 aliphatic rings. The third-order valence-electron chi connectivity index (χ3n) is 2.89. The number of nitrogens with zero attached hydrogens (tertiary/aromatic N) is 1. The number of piperidine rings is 1. The Hall–Kier alpha value is 0.01000.